The molecule has 1 spiro atoms. The van der Waals surface area contributed by atoms with Crippen LogP contribution in [0.4, 0.5) is 5.69 Å². The molecule has 2 heterocycles. The number of carbonyl (C=O) groups is 1. The van der Waals surface area contributed by atoms with E-state index in [0.717, 1.165) is 57.0 Å². The fourth-order valence-electron chi connectivity index (χ4n) is 5.79. The normalized spacial score (nSPS) is 24.0. The average molecular weight is 480 g/mol. The number of likely N-dealkylation sites (tertiary alicyclic amines) is 1. The molecule has 5 rings (SSSR count). The van der Waals surface area contributed by atoms with E-state index < -0.39 is 15.6 Å². The zero-order valence-corrected chi connectivity index (χ0v) is 20.3. The summed E-state index contributed by atoms with van der Waals surface area (Å²) < 4.78 is 32.1. The van der Waals surface area contributed by atoms with Gasteiger partial charge in [-0.2, -0.15) is 5.26 Å². The summed E-state index contributed by atoms with van der Waals surface area (Å²) in [5.41, 5.74) is 3.64. The van der Waals surface area contributed by atoms with E-state index in [-0.39, 0.29) is 11.7 Å². The Balaban J connectivity index is 1.29. The Bertz CT molecular complexity index is 1290. The van der Waals surface area contributed by atoms with Gasteiger partial charge < -0.3 is 4.74 Å². The molecule has 2 unspecified atom stereocenters. The summed E-state index contributed by atoms with van der Waals surface area (Å²) in [5, 5.41) is 9.15. The molecular formula is C26H29N3O4S. The van der Waals surface area contributed by atoms with Crippen molar-refractivity contribution in [2.45, 2.75) is 50.7 Å². The summed E-state index contributed by atoms with van der Waals surface area (Å²) in [5.74, 6) is 0.245. The largest absolute Gasteiger partial charge is 0.486 e. The van der Waals surface area contributed by atoms with Gasteiger partial charge in [-0.15, -0.1) is 0 Å². The molecule has 1 saturated heterocycles. The van der Waals surface area contributed by atoms with Crippen molar-refractivity contribution in [3.63, 3.8) is 0 Å². The Labute approximate surface area is 200 Å². The van der Waals surface area contributed by atoms with Crippen LogP contribution in [-0.2, 0) is 22.9 Å². The van der Waals surface area contributed by atoms with E-state index in [1.54, 1.807) is 18.2 Å². The van der Waals surface area contributed by atoms with Gasteiger partial charge in [0.2, 0.25) is 10.0 Å². The number of rotatable bonds is 3. The maximum atomic E-state index is 13.3. The molecule has 1 aliphatic carbocycles. The SMILES string of the molecule is CC1C(=O)c2cc(NS(C)(=O)=O)ccc2OC12CCN(C1CCc3cc(C#N)ccc3C1)CC2. The Hall–Kier alpha value is -2.89. The fourth-order valence-corrected chi connectivity index (χ4v) is 6.34. The number of ketones is 1. The number of anilines is 1. The highest BCUT2D eigenvalue weighted by molar-refractivity contribution is 7.92. The second-order valence-corrected chi connectivity index (χ2v) is 11.6. The van der Waals surface area contributed by atoms with Crippen LogP contribution in [0, 0.1) is 17.2 Å². The summed E-state index contributed by atoms with van der Waals surface area (Å²) in [6.45, 7) is 3.68. The molecule has 1 N–H and O–H groups in total. The van der Waals surface area contributed by atoms with Gasteiger partial charge in [0.05, 0.1) is 29.4 Å². The molecule has 0 aromatic heterocycles. The van der Waals surface area contributed by atoms with Crippen LogP contribution in [-0.4, -0.2) is 50.1 Å². The summed E-state index contributed by atoms with van der Waals surface area (Å²) in [7, 11) is -3.42. The molecule has 0 saturated carbocycles. The Morgan fingerprint density at radius 1 is 1.15 bits per heavy atom. The zero-order valence-electron chi connectivity index (χ0n) is 19.5. The molecule has 2 atom stereocenters. The molecule has 34 heavy (non-hydrogen) atoms. The number of nitrogens with one attached hydrogen (secondary N) is 1. The van der Waals surface area contributed by atoms with Gasteiger partial charge in [0.15, 0.2) is 5.78 Å². The molecule has 2 aromatic carbocycles. The topological polar surface area (TPSA) is 99.5 Å². The highest BCUT2D eigenvalue weighted by atomic mass is 32.2. The highest BCUT2D eigenvalue weighted by Gasteiger charge is 2.49. The third-order valence-electron chi connectivity index (χ3n) is 7.74. The van der Waals surface area contributed by atoms with E-state index in [9.17, 15) is 13.2 Å². The van der Waals surface area contributed by atoms with Gasteiger partial charge in [-0.3, -0.25) is 14.4 Å². The molecule has 2 aliphatic heterocycles. The van der Waals surface area contributed by atoms with Crippen LogP contribution in [0.3, 0.4) is 0 Å². The van der Waals surface area contributed by atoms with E-state index in [1.807, 2.05) is 19.1 Å². The van der Waals surface area contributed by atoms with Crippen molar-refractivity contribution in [2.75, 3.05) is 24.1 Å². The first-order valence-electron chi connectivity index (χ1n) is 11.8. The molecule has 0 radical (unpaired) electrons. The van der Waals surface area contributed by atoms with E-state index in [2.05, 4.69) is 21.8 Å². The van der Waals surface area contributed by atoms with Crippen molar-refractivity contribution in [2.24, 2.45) is 5.92 Å². The van der Waals surface area contributed by atoms with Crippen LogP contribution < -0.4 is 9.46 Å². The Morgan fingerprint density at radius 2 is 1.91 bits per heavy atom. The summed E-state index contributed by atoms with van der Waals surface area (Å²) in [4.78, 5) is 15.8. The molecule has 0 bridgehead atoms. The number of nitrogens with zero attached hydrogens (tertiary/aromatic N) is 2. The first kappa shape index (κ1) is 22.9. The zero-order chi connectivity index (χ0) is 24.1. The van der Waals surface area contributed by atoms with Crippen molar-refractivity contribution in [3.8, 4) is 11.8 Å². The van der Waals surface area contributed by atoms with E-state index in [1.165, 1.54) is 11.1 Å². The average Bonchev–Trinajstić information content (AvgIpc) is 2.82. The third-order valence-corrected chi connectivity index (χ3v) is 8.35. The van der Waals surface area contributed by atoms with Gasteiger partial charge >= 0.3 is 0 Å². The van der Waals surface area contributed by atoms with Gasteiger partial charge in [-0.25, -0.2) is 8.42 Å². The van der Waals surface area contributed by atoms with Crippen LogP contribution >= 0.6 is 0 Å². The van der Waals surface area contributed by atoms with Crippen molar-refractivity contribution in [1.82, 2.24) is 4.90 Å². The van der Waals surface area contributed by atoms with Crippen molar-refractivity contribution in [1.29, 1.82) is 5.26 Å². The lowest BCUT2D eigenvalue weighted by Gasteiger charge is -2.49. The molecule has 3 aliphatic rings. The lowest BCUT2D eigenvalue weighted by molar-refractivity contribution is -0.0475. The quantitative estimate of drug-likeness (QED) is 0.723. The first-order valence-corrected chi connectivity index (χ1v) is 13.7. The maximum Gasteiger partial charge on any atom is 0.229 e. The third kappa shape index (κ3) is 4.19. The molecular weight excluding hydrogens is 450 g/mol. The van der Waals surface area contributed by atoms with Crippen LogP contribution in [0.25, 0.3) is 0 Å². The van der Waals surface area contributed by atoms with Gasteiger partial charge in [0.1, 0.15) is 11.4 Å². The van der Waals surface area contributed by atoms with Crippen LogP contribution in [0.15, 0.2) is 36.4 Å². The predicted octanol–water partition coefficient (Wildman–Crippen LogP) is 3.53. The molecule has 1 fully saturated rings. The Morgan fingerprint density at radius 3 is 2.62 bits per heavy atom. The molecule has 7 nitrogen and oxygen atoms in total. The lowest BCUT2D eigenvalue weighted by atomic mass is 9.74. The number of ether oxygens (including phenoxy) is 1. The van der Waals surface area contributed by atoms with Crippen LogP contribution in [0.1, 0.15) is 53.2 Å². The second kappa shape index (κ2) is 8.40. The second-order valence-electron chi connectivity index (χ2n) is 9.87. The first-order chi connectivity index (χ1) is 16.2. The number of fused-ring (bicyclic) bond motifs is 2. The molecule has 178 valence electrons. The van der Waals surface area contributed by atoms with E-state index in [4.69, 9.17) is 10.00 Å². The van der Waals surface area contributed by atoms with Crippen LogP contribution in [0.2, 0.25) is 0 Å². The van der Waals surface area contributed by atoms with Gasteiger partial charge in [0.25, 0.3) is 0 Å². The van der Waals surface area contributed by atoms with E-state index in [0.29, 0.717) is 23.0 Å². The number of sulfonamides is 1. The number of aryl methyl sites for hydroxylation is 1. The number of Topliss-reactive ketones (excluding diaryl/α,β-unsaturated/α-hetero) is 1. The number of nitriles is 1. The van der Waals surface area contributed by atoms with Crippen LogP contribution in [0.5, 0.6) is 5.75 Å². The highest BCUT2D eigenvalue weighted by Crippen LogP contribution is 2.44. The van der Waals surface area contributed by atoms with Gasteiger partial charge in [0, 0.05) is 37.7 Å². The van der Waals surface area contributed by atoms with Gasteiger partial charge in [-0.1, -0.05) is 13.0 Å². The summed E-state index contributed by atoms with van der Waals surface area (Å²) in [6.07, 6.45) is 5.69. The molecule has 8 heteroatoms. The minimum atomic E-state index is -3.42. The standard InChI is InChI=1S/C26H29N3O4S/c1-17-25(30)23-15-21(28-34(2,31)32)6-8-24(23)33-26(17)9-11-29(12-10-26)22-7-5-19-13-18(16-27)3-4-20(19)14-22/h3-4,6,8,13,15,17,22,28H,5,7,9-12,14H2,1-2H3. The maximum absolute atomic E-state index is 13.3. The van der Waals surface area contributed by atoms with Gasteiger partial charge in [-0.05, 0) is 60.7 Å². The predicted molar refractivity (Wildman–Crippen MR) is 130 cm³/mol. The monoisotopic (exact) mass is 479 g/mol. The number of hydrogen-bond donors (Lipinski definition) is 1. The minimum Gasteiger partial charge on any atom is -0.486 e. The van der Waals surface area contributed by atoms with Crippen molar-refractivity contribution < 1.29 is 17.9 Å². The van der Waals surface area contributed by atoms with Crippen molar-refractivity contribution >= 4 is 21.5 Å². The summed E-state index contributed by atoms with van der Waals surface area (Å²) >= 11 is 0. The number of piperidine rings is 1. The Kier molecular flexibility index (Phi) is 5.65. The van der Waals surface area contributed by atoms with E-state index >= 15 is 0 Å². The summed E-state index contributed by atoms with van der Waals surface area (Å²) in [6, 6.07) is 13.6. The number of carbonyl (C=O) groups excluding carboxylic acids is 1. The molecule has 0 amide bonds. The molecule has 2 aromatic rings. The number of benzene rings is 2. The van der Waals surface area contributed by atoms with Crippen molar-refractivity contribution in [3.05, 3.63) is 58.7 Å². The fraction of sp³-hybridized carbons (Fsp3) is 0.462. The minimum absolute atomic E-state index is 0.00624. The smallest absolute Gasteiger partial charge is 0.229 e. The number of hydrogen-bond acceptors (Lipinski definition) is 6. The lowest BCUT2D eigenvalue weighted by Crippen LogP contribution is -2.57.